The maximum absolute atomic E-state index is 10.7. The monoisotopic (exact) mass is 177 g/mol. The van der Waals surface area contributed by atoms with Crippen LogP contribution in [-0.4, -0.2) is 28.2 Å². The van der Waals surface area contributed by atoms with E-state index in [9.17, 15) is 4.79 Å². The average molecular weight is 177 g/mol. The normalized spacial score (nSPS) is 15.8. The van der Waals surface area contributed by atoms with Crippen LogP contribution in [0.2, 0.25) is 0 Å². The Hall–Kier alpha value is -1.29. The second-order valence-corrected chi connectivity index (χ2v) is 3.37. The largest absolute Gasteiger partial charge is 0.296 e. The lowest BCUT2D eigenvalue weighted by Gasteiger charge is -2.02. The third-order valence-electron chi connectivity index (χ3n) is 2.20. The quantitative estimate of drug-likeness (QED) is 0.587. The molecule has 0 spiro atoms. The number of aromatic nitrogens is 2. The van der Waals surface area contributed by atoms with Gasteiger partial charge in [0.25, 0.3) is 0 Å². The summed E-state index contributed by atoms with van der Waals surface area (Å²) in [6.45, 7) is 3.41. The van der Waals surface area contributed by atoms with Gasteiger partial charge in [-0.3, -0.25) is 9.69 Å². The topological polar surface area (TPSA) is 46.1 Å². The third-order valence-corrected chi connectivity index (χ3v) is 2.20. The number of nitrogens with zero attached hydrogens (tertiary/aromatic N) is 3. The molecule has 0 saturated heterocycles. The highest BCUT2D eigenvalue weighted by atomic mass is 16.1. The number of aryl methyl sites for hydroxylation is 1. The van der Waals surface area contributed by atoms with Crippen LogP contribution in [0, 0.1) is 6.92 Å². The summed E-state index contributed by atoms with van der Waals surface area (Å²) in [5.74, 6) is 0.677. The zero-order chi connectivity index (χ0) is 9.42. The van der Waals surface area contributed by atoms with Gasteiger partial charge < -0.3 is 0 Å². The molecule has 4 heteroatoms. The smallest absolute Gasteiger partial charge is 0.168 e. The molecule has 0 unspecified atom stereocenters. The second-order valence-electron chi connectivity index (χ2n) is 3.37. The van der Waals surface area contributed by atoms with Crippen molar-refractivity contribution < 1.29 is 4.79 Å². The van der Waals surface area contributed by atoms with Crippen molar-refractivity contribution in [1.29, 1.82) is 0 Å². The van der Waals surface area contributed by atoms with Crippen LogP contribution >= 0.6 is 0 Å². The van der Waals surface area contributed by atoms with Gasteiger partial charge in [-0.1, -0.05) is 0 Å². The van der Waals surface area contributed by atoms with E-state index in [4.69, 9.17) is 0 Å². The van der Waals surface area contributed by atoms with E-state index in [0.717, 1.165) is 30.6 Å². The van der Waals surface area contributed by atoms with Crippen LogP contribution in [0.15, 0.2) is 0 Å². The molecule has 13 heavy (non-hydrogen) atoms. The number of hydrogen-bond acceptors (Lipinski definition) is 4. The summed E-state index contributed by atoms with van der Waals surface area (Å²) in [7, 11) is 2.01. The van der Waals surface area contributed by atoms with Gasteiger partial charge >= 0.3 is 0 Å². The van der Waals surface area contributed by atoms with E-state index in [1.165, 1.54) is 0 Å². The minimum absolute atomic E-state index is 0.548. The zero-order valence-corrected chi connectivity index (χ0v) is 7.74. The molecule has 68 valence electrons. The Morgan fingerprint density at radius 1 is 1.38 bits per heavy atom. The summed E-state index contributed by atoms with van der Waals surface area (Å²) in [4.78, 5) is 21.2. The van der Waals surface area contributed by atoms with E-state index in [0.29, 0.717) is 11.5 Å². The van der Waals surface area contributed by atoms with Gasteiger partial charge in [-0.05, 0) is 14.0 Å². The van der Waals surface area contributed by atoms with Gasteiger partial charge in [0.1, 0.15) is 11.5 Å². The second kappa shape index (κ2) is 2.88. The summed E-state index contributed by atoms with van der Waals surface area (Å²) < 4.78 is 0. The Bertz CT molecular complexity index is 362. The molecule has 0 fully saturated rings. The highest BCUT2D eigenvalue weighted by molar-refractivity contribution is 5.74. The SMILES string of the molecule is Cc1nc(C=O)c2c(n1)CN(C)C2. The van der Waals surface area contributed by atoms with Gasteiger partial charge in [0.2, 0.25) is 0 Å². The fourth-order valence-electron chi connectivity index (χ4n) is 1.66. The lowest BCUT2D eigenvalue weighted by molar-refractivity contribution is 0.111. The van der Waals surface area contributed by atoms with Crippen molar-refractivity contribution in [3.05, 3.63) is 22.8 Å². The van der Waals surface area contributed by atoms with Crippen LogP contribution in [0.5, 0.6) is 0 Å². The van der Waals surface area contributed by atoms with Crippen molar-refractivity contribution >= 4 is 6.29 Å². The molecule has 1 aromatic heterocycles. The number of fused-ring (bicyclic) bond motifs is 1. The van der Waals surface area contributed by atoms with E-state index in [-0.39, 0.29) is 0 Å². The van der Waals surface area contributed by atoms with E-state index < -0.39 is 0 Å². The first-order valence-electron chi connectivity index (χ1n) is 4.21. The molecule has 0 aliphatic carbocycles. The highest BCUT2D eigenvalue weighted by Crippen LogP contribution is 2.20. The fraction of sp³-hybridized carbons (Fsp3) is 0.444. The summed E-state index contributed by atoms with van der Waals surface area (Å²) in [5.41, 5.74) is 2.53. The maximum Gasteiger partial charge on any atom is 0.168 e. The predicted octanol–water partition coefficient (Wildman–Crippen LogP) is 0.543. The van der Waals surface area contributed by atoms with Crippen LogP contribution in [-0.2, 0) is 13.1 Å². The van der Waals surface area contributed by atoms with Crippen molar-refractivity contribution in [2.45, 2.75) is 20.0 Å². The van der Waals surface area contributed by atoms with Gasteiger partial charge in [0.15, 0.2) is 6.29 Å². The molecule has 0 bridgehead atoms. The van der Waals surface area contributed by atoms with Crippen molar-refractivity contribution in [2.75, 3.05) is 7.05 Å². The Morgan fingerprint density at radius 2 is 2.15 bits per heavy atom. The van der Waals surface area contributed by atoms with Crippen LogP contribution < -0.4 is 0 Å². The molecule has 1 aliphatic heterocycles. The zero-order valence-electron chi connectivity index (χ0n) is 7.74. The number of rotatable bonds is 1. The van der Waals surface area contributed by atoms with Crippen molar-refractivity contribution in [2.24, 2.45) is 0 Å². The van der Waals surface area contributed by atoms with Crippen LogP contribution in [0.3, 0.4) is 0 Å². The first kappa shape index (κ1) is 8.31. The molecule has 1 aliphatic rings. The molecule has 4 nitrogen and oxygen atoms in total. The molecular weight excluding hydrogens is 166 g/mol. The van der Waals surface area contributed by atoms with Crippen LogP contribution in [0.25, 0.3) is 0 Å². The Labute approximate surface area is 76.6 Å². The molecule has 0 radical (unpaired) electrons. The standard InChI is InChI=1S/C9H11N3O/c1-6-10-8-4-12(2)3-7(8)9(5-13)11-6/h5H,3-4H2,1-2H3. The lowest BCUT2D eigenvalue weighted by atomic mass is 10.2. The lowest BCUT2D eigenvalue weighted by Crippen LogP contribution is -2.08. The van der Waals surface area contributed by atoms with Crippen LogP contribution in [0.4, 0.5) is 0 Å². The minimum atomic E-state index is 0.548. The van der Waals surface area contributed by atoms with Gasteiger partial charge in [-0.2, -0.15) is 0 Å². The molecule has 0 N–H and O–H groups in total. The summed E-state index contributed by atoms with van der Waals surface area (Å²) in [6, 6.07) is 0. The molecule has 0 amide bonds. The predicted molar refractivity (Wildman–Crippen MR) is 47.3 cm³/mol. The van der Waals surface area contributed by atoms with Gasteiger partial charge in [0, 0.05) is 18.7 Å². The first-order valence-corrected chi connectivity index (χ1v) is 4.21. The van der Waals surface area contributed by atoms with Crippen molar-refractivity contribution in [1.82, 2.24) is 14.9 Å². The van der Waals surface area contributed by atoms with Gasteiger partial charge in [0.05, 0.1) is 5.69 Å². The average Bonchev–Trinajstić information content (AvgIpc) is 2.43. The Kier molecular flexibility index (Phi) is 1.84. The Balaban J connectivity index is 2.56. The number of aldehydes is 1. The molecule has 2 heterocycles. The number of hydrogen-bond donors (Lipinski definition) is 0. The van der Waals surface area contributed by atoms with Gasteiger partial charge in [-0.15, -0.1) is 0 Å². The van der Waals surface area contributed by atoms with E-state index in [1.54, 1.807) is 0 Å². The van der Waals surface area contributed by atoms with E-state index >= 15 is 0 Å². The maximum atomic E-state index is 10.7. The molecular formula is C9H11N3O. The Morgan fingerprint density at radius 3 is 2.85 bits per heavy atom. The molecule has 0 aromatic carbocycles. The fourth-order valence-corrected chi connectivity index (χ4v) is 1.66. The van der Waals surface area contributed by atoms with Gasteiger partial charge in [-0.25, -0.2) is 9.97 Å². The minimum Gasteiger partial charge on any atom is -0.296 e. The highest BCUT2D eigenvalue weighted by Gasteiger charge is 2.21. The summed E-state index contributed by atoms with van der Waals surface area (Å²) in [6.07, 6.45) is 0.812. The molecule has 0 saturated carbocycles. The van der Waals surface area contributed by atoms with Crippen molar-refractivity contribution in [3.63, 3.8) is 0 Å². The number of carbonyl (C=O) groups excluding carboxylic acids is 1. The van der Waals surface area contributed by atoms with Crippen LogP contribution in [0.1, 0.15) is 27.6 Å². The summed E-state index contributed by atoms with van der Waals surface area (Å²) in [5, 5.41) is 0. The van der Waals surface area contributed by atoms with Crippen molar-refractivity contribution in [3.8, 4) is 0 Å². The third kappa shape index (κ3) is 1.33. The summed E-state index contributed by atoms with van der Waals surface area (Å²) >= 11 is 0. The first-order chi connectivity index (χ1) is 6.20. The molecule has 1 aromatic rings. The van der Waals surface area contributed by atoms with E-state index in [1.807, 2.05) is 14.0 Å². The van der Waals surface area contributed by atoms with E-state index in [2.05, 4.69) is 14.9 Å². The molecule has 2 rings (SSSR count). The number of carbonyl (C=O) groups is 1. The molecule has 0 atom stereocenters.